The second-order valence-electron chi connectivity index (χ2n) is 3.67. The van der Waals surface area contributed by atoms with E-state index in [1.165, 1.54) is 19.1 Å². The second kappa shape index (κ2) is 5.61. The van der Waals surface area contributed by atoms with Crippen LogP contribution in [0.1, 0.15) is 23.7 Å². The maximum atomic E-state index is 13.8. The first-order chi connectivity index (χ1) is 7.49. The summed E-state index contributed by atoms with van der Waals surface area (Å²) in [6.07, 6.45) is -1.86. The van der Waals surface area contributed by atoms with Crippen LogP contribution in [0.15, 0.2) is 12.1 Å². The van der Waals surface area contributed by atoms with Crippen molar-refractivity contribution in [2.75, 3.05) is 11.1 Å². The predicted octanol–water partition coefficient (Wildman–Crippen LogP) is 1.90. The summed E-state index contributed by atoms with van der Waals surface area (Å²) in [5.41, 5.74) is 6.25. The highest BCUT2D eigenvalue weighted by atomic mass is 79.9. The Labute approximate surface area is 102 Å². The van der Waals surface area contributed by atoms with Crippen LogP contribution in [0, 0.1) is 12.7 Å². The van der Waals surface area contributed by atoms with Gasteiger partial charge in [-0.1, -0.05) is 22.0 Å². The summed E-state index contributed by atoms with van der Waals surface area (Å²) in [5, 5.41) is 19.9. The lowest BCUT2D eigenvalue weighted by Crippen LogP contribution is -2.20. The first-order valence-corrected chi connectivity index (χ1v) is 6.07. The topological polar surface area (TPSA) is 66.5 Å². The number of alkyl halides is 1. The Balaban J connectivity index is 3.00. The van der Waals surface area contributed by atoms with Crippen LogP contribution in [0.25, 0.3) is 0 Å². The van der Waals surface area contributed by atoms with Crippen molar-refractivity contribution in [3.05, 3.63) is 29.1 Å². The van der Waals surface area contributed by atoms with Gasteiger partial charge in [-0.3, -0.25) is 0 Å². The largest absolute Gasteiger partial charge is 0.398 e. The van der Waals surface area contributed by atoms with Gasteiger partial charge in [0.1, 0.15) is 11.9 Å². The van der Waals surface area contributed by atoms with Crippen LogP contribution in [0.5, 0.6) is 0 Å². The van der Waals surface area contributed by atoms with E-state index in [9.17, 15) is 14.6 Å². The Morgan fingerprint density at radius 1 is 1.44 bits per heavy atom. The molecule has 90 valence electrons. The molecule has 1 aromatic carbocycles. The van der Waals surface area contributed by atoms with Crippen LogP contribution < -0.4 is 5.73 Å². The highest BCUT2D eigenvalue weighted by molar-refractivity contribution is 9.09. The molecular weight excluding hydrogens is 277 g/mol. The maximum absolute atomic E-state index is 13.8. The fourth-order valence-corrected chi connectivity index (χ4v) is 1.90. The minimum atomic E-state index is -1.23. The van der Waals surface area contributed by atoms with Gasteiger partial charge < -0.3 is 15.9 Å². The van der Waals surface area contributed by atoms with Gasteiger partial charge in [-0.25, -0.2) is 4.39 Å². The van der Waals surface area contributed by atoms with E-state index in [0.29, 0.717) is 23.0 Å². The molecule has 16 heavy (non-hydrogen) atoms. The monoisotopic (exact) mass is 291 g/mol. The van der Waals surface area contributed by atoms with E-state index < -0.39 is 18.0 Å². The van der Waals surface area contributed by atoms with Crippen LogP contribution in [-0.2, 0) is 0 Å². The molecule has 0 radical (unpaired) electrons. The number of nitrogens with two attached hydrogens (primary N) is 1. The standard InChI is InChI=1S/C11H15BrFNO2/c1-6-8(14)3-2-7(10(6)13)11(16)9(15)4-5-12/h2-3,9,11,15-16H,4-5,14H2,1H3. The Hall–Kier alpha value is -0.650. The lowest BCUT2D eigenvalue weighted by atomic mass is 9.99. The number of rotatable bonds is 4. The summed E-state index contributed by atoms with van der Waals surface area (Å²) in [4.78, 5) is 0. The molecule has 0 heterocycles. The van der Waals surface area contributed by atoms with Crippen molar-refractivity contribution in [2.24, 2.45) is 0 Å². The first-order valence-electron chi connectivity index (χ1n) is 4.95. The number of aliphatic hydroxyl groups is 2. The summed E-state index contributed by atoms with van der Waals surface area (Å²) >= 11 is 3.15. The first kappa shape index (κ1) is 13.4. The molecule has 0 saturated carbocycles. The lowest BCUT2D eigenvalue weighted by Gasteiger charge is -2.19. The number of hydrogen-bond acceptors (Lipinski definition) is 3. The Morgan fingerprint density at radius 2 is 2.06 bits per heavy atom. The summed E-state index contributed by atoms with van der Waals surface area (Å²) in [6.45, 7) is 1.54. The lowest BCUT2D eigenvalue weighted by molar-refractivity contribution is 0.0152. The summed E-state index contributed by atoms with van der Waals surface area (Å²) in [5.74, 6) is -0.555. The molecule has 0 saturated heterocycles. The van der Waals surface area contributed by atoms with Crippen LogP contribution >= 0.6 is 15.9 Å². The number of anilines is 1. The van der Waals surface area contributed by atoms with Gasteiger partial charge in [0.15, 0.2) is 0 Å². The fourth-order valence-electron chi connectivity index (χ4n) is 1.43. The zero-order valence-electron chi connectivity index (χ0n) is 8.95. The Kier molecular flexibility index (Phi) is 4.70. The summed E-state index contributed by atoms with van der Waals surface area (Å²) < 4.78 is 13.8. The van der Waals surface area contributed by atoms with Crippen molar-refractivity contribution in [1.82, 2.24) is 0 Å². The van der Waals surface area contributed by atoms with Gasteiger partial charge in [-0.15, -0.1) is 0 Å². The molecule has 3 nitrogen and oxygen atoms in total. The van der Waals surface area contributed by atoms with Crippen molar-refractivity contribution in [2.45, 2.75) is 25.6 Å². The van der Waals surface area contributed by atoms with Crippen molar-refractivity contribution in [3.63, 3.8) is 0 Å². The minimum Gasteiger partial charge on any atom is -0.398 e. The molecule has 2 unspecified atom stereocenters. The van der Waals surface area contributed by atoms with Gasteiger partial charge in [-0.2, -0.15) is 0 Å². The van der Waals surface area contributed by atoms with E-state index in [-0.39, 0.29) is 5.56 Å². The second-order valence-corrected chi connectivity index (χ2v) is 4.47. The SMILES string of the molecule is Cc1c(N)ccc(C(O)C(O)CCBr)c1F. The molecule has 0 fully saturated rings. The molecule has 2 atom stereocenters. The van der Waals surface area contributed by atoms with Crippen molar-refractivity contribution >= 4 is 21.6 Å². The molecule has 1 rings (SSSR count). The summed E-state index contributed by atoms with van der Waals surface area (Å²) in [6, 6.07) is 2.93. The molecule has 5 heteroatoms. The highest BCUT2D eigenvalue weighted by Crippen LogP contribution is 2.26. The average molecular weight is 292 g/mol. The Morgan fingerprint density at radius 3 is 2.62 bits per heavy atom. The zero-order valence-corrected chi connectivity index (χ0v) is 10.5. The van der Waals surface area contributed by atoms with E-state index in [1.807, 2.05) is 0 Å². The van der Waals surface area contributed by atoms with Crippen LogP contribution in [0.4, 0.5) is 10.1 Å². The molecule has 0 aliphatic heterocycles. The van der Waals surface area contributed by atoms with Gasteiger partial charge in [0.05, 0.1) is 6.10 Å². The third-order valence-electron chi connectivity index (χ3n) is 2.55. The molecule has 0 aliphatic carbocycles. The number of hydrogen-bond donors (Lipinski definition) is 3. The van der Waals surface area contributed by atoms with Crippen molar-refractivity contribution in [3.8, 4) is 0 Å². The molecule has 4 N–H and O–H groups in total. The van der Waals surface area contributed by atoms with E-state index in [2.05, 4.69) is 15.9 Å². The highest BCUT2D eigenvalue weighted by Gasteiger charge is 2.22. The molecule has 1 aromatic rings. The van der Waals surface area contributed by atoms with Gasteiger partial charge in [0.2, 0.25) is 0 Å². The number of halogens is 2. The number of benzene rings is 1. The van der Waals surface area contributed by atoms with Crippen LogP contribution in [0.2, 0.25) is 0 Å². The molecule has 0 amide bonds. The fraction of sp³-hybridized carbons (Fsp3) is 0.455. The predicted molar refractivity (Wildman–Crippen MR) is 64.9 cm³/mol. The third kappa shape index (κ3) is 2.72. The Bertz CT molecular complexity index is 373. The number of nitrogen functional groups attached to an aromatic ring is 1. The minimum absolute atomic E-state index is 0.0835. The van der Waals surface area contributed by atoms with Crippen LogP contribution in [0.3, 0.4) is 0 Å². The van der Waals surface area contributed by atoms with Crippen molar-refractivity contribution < 1.29 is 14.6 Å². The molecule has 0 spiro atoms. The van der Waals surface area contributed by atoms with Crippen molar-refractivity contribution in [1.29, 1.82) is 0 Å². The normalized spacial score (nSPS) is 14.8. The van der Waals surface area contributed by atoms with E-state index >= 15 is 0 Å². The molecule has 0 aliphatic rings. The third-order valence-corrected chi connectivity index (χ3v) is 3.00. The summed E-state index contributed by atoms with van der Waals surface area (Å²) in [7, 11) is 0. The maximum Gasteiger partial charge on any atom is 0.134 e. The van der Waals surface area contributed by atoms with Gasteiger partial charge in [-0.05, 0) is 19.4 Å². The average Bonchev–Trinajstić information content (AvgIpc) is 2.26. The van der Waals surface area contributed by atoms with Gasteiger partial charge in [0.25, 0.3) is 0 Å². The zero-order chi connectivity index (χ0) is 12.3. The number of aliphatic hydroxyl groups excluding tert-OH is 2. The smallest absolute Gasteiger partial charge is 0.134 e. The van der Waals surface area contributed by atoms with Crippen LogP contribution in [-0.4, -0.2) is 21.6 Å². The molecular formula is C11H15BrFNO2. The quantitative estimate of drug-likeness (QED) is 0.586. The van der Waals surface area contributed by atoms with Gasteiger partial charge >= 0.3 is 0 Å². The molecule has 0 bridgehead atoms. The van der Waals surface area contributed by atoms with E-state index in [4.69, 9.17) is 5.73 Å². The van der Waals surface area contributed by atoms with E-state index in [1.54, 1.807) is 0 Å². The van der Waals surface area contributed by atoms with E-state index in [0.717, 1.165) is 0 Å². The molecule has 0 aromatic heterocycles. The van der Waals surface area contributed by atoms with Gasteiger partial charge in [0, 0.05) is 22.1 Å².